The van der Waals surface area contributed by atoms with E-state index in [0.29, 0.717) is 36.8 Å². The molecule has 1 aromatic carbocycles. The molecule has 0 N–H and O–H groups in total. The average molecular weight is 312 g/mol. The van der Waals surface area contributed by atoms with Crippen molar-refractivity contribution in [3.05, 3.63) is 29.6 Å². The number of rotatable bonds is 4. The number of likely N-dealkylation sites (N-methyl/N-ethyl adjacent to an activating group) is 1. The average Bonchev–Trinajstić information content (AvgIpc) is 2.45. The number of alkyl halides is 1. The van der Waals surface area contributed by atoms with E-state index in [9.17, 15) is 4.39 Å². The van der Waals surface area contributed by atoms with Gasteiger partial charge in [-0.2, -0.15) is 0 Å². The molecule has 3 nitrogen and oxygen atoms in total. The summed E-state index contributed by atoms with van der Waals surface area (Å²) in [5, 5.41) is 0. The monoisotopic (exact) mass is 311 g/mol. The van der Waals surface area contributed by atoms with Gasteiger partial charge in [-0.15, -0.1) is 11.6 Å². The lowest BCUT2D eigenvalue weighted by Gasteiger charge is -2.29. The third-order valence-corrected chi connectivity index (χ3v) is 3.29. The summed E-state index contributed by atoms with van der Waals surface area (Å²) in [6.45, 7) is 2.85. The Kier molecular flexibility index (Phi) is 6.31. The molecule has 0 aliphatic carbocycles. The third kappa shape index (κ3) is 5.55. The summed E-state index contributed by atoms with van der Waals surface area (Å²) in [6, 6.07) is 4.48. The van der Waals surface area contributed by atoms with Gasteiger partial charge >= 0.3 is 0 Å². The maximum atomic E-state index is 13.6. The van der Waals surface area contributed by atoms with E-state index in [1.54, 1.807) is 6.07 Å². The van der Waals surface area contributed by atoms with Gasteiger partial charge in [0.15, 0.2) is 0 Å². The van der Waals surface area contributed by atoms with E-state index in [-0.39, 0.29) is 11.9 Å². The topological polar surface area (TPSA) is 21.7 Å². The summed E-state index contributed by atoms with van der Waals surface area (Å²) in [5.74, 6) is 6.35. The molecule has 1 atom stereocenters. The number of hydrogen-bond donors (Lipinski definition) is 0. The van der Waals surface area contributed by atoms with Gasteiger partial charge in [-0.05, 0) is 19.2 Å². The van der Waals surface area contributed by atoms with Crippen LogP contribution in [0.3, 0.4) is 0 Å². The summed E-state index contributed by atoms with van der Waals surface area (Å²) < 4.78 is 24.8. The van der Waals surface area contributed by atoms with Crippen LogP contribution in [0.1, 0.15) is 12.0 Å². The number of hydrogen-bond acceptors (Lipinski definition) is 3. The van der Waals surface area contributed by atoms with Gasteiger partial charge < -0.3 is 14.4 Å². The van der Waals surface area contributed by atoms with Crippen molar-refractivity contribution in [3.8, 4) is 17.6 Å². The highest BCUT2D eigenvalue weighted by Gasteiger charge is 2.18. The standard InChI is InChI=1S/C16H19ClFNO2/c1-19-6-7-20-16(11-19)12-21-15-9-13(4-2-3-5-17)8-14(18)10-15/h8-10,16H,3,5-7,11-12H2,1H3. The van der Waals surface area contributed by atoms with Crippen molar-refractivity contribution in [2.75, 3.05) is 39.2 Å². The summed E-state index contributed by atoms with van der Waals surface area (Å²) >= 11 is 5.56. The van der Waals surface area contributed by atoms with Crippen molar-refractivity contribution >= 4 is 11.6 Å². The van der Waals surface area contributed by atoms with Crippen LogP contribution in [0.2, 0.25) is 0 Å². The number of nitrogens with zero attached hydrogens (tertiary/aromatic N) is 1. The highest BCUT2D eigenvalue weighted by atomic mass is 35.5. The van der Waals surface area contributed by atoms with Crippen molar-refractivity contribution in [1.29, 1.82) is 0 Å². The van der Waals surface area contributed by atoms with E-state index >= 15 is 0 Å². The highest BCUT2D eigenvalue weighted by molar-refractivity contribution is 6.18. The molecule has 1 aliphatic rings. The van der Waals surface area contributed by atoms with Gasteiger partial charge in [0, 0.05) is 37.0 Å². The predicted octanol–water partition coefficient (Wildman–Crippen LogP) is 2.52. The summed E-state index contributed by atoms with van der Waals surface area (Å²) in [4.78, 5) is 2.19. The first-order valence-electron chi connectivity index (χ1n) is 6.96. The quantitative estimate of drug-likeness (QED) is 0.630. The molecule has 1 saturated heterocycles. The molecule has 1 heterocycles. The fourth-order valence-electron chi connectivity index (χ4n) is 2.09. The van der Waals surface area contributed by atoms with Gasteiger partial charge in [0.1, 0.15) is 24.3 Å². The lowest BCUT2D eigenvalue weighted by molar-refractivity contribution is -0.0403. The number of halogens is 2. The smallest absolute Gasteiger partial charge is 0.128 e. The van der Waals surface area contributed by atoms with E-state index in [4.69, 9.17) is 21.1 Å². The second-order valence-electron chi connectivity index (χ2n) is 4.98. The zero-order valence-corrected chi connectivity index (χ0v) is 12.8. The van der Waals surface area contributed by atoms with Crippen LogP contribution in [0.25, 0.3) is 0 Å². The summed E-state index contributed by atoms with van der Waals surface area (Å²) in [7, 11) is 2.04. The molecule has 0 aromatic heterocycles. The zero-order valence-electron chi connectivity index (χ0n) is 12.1. The lowest BCUT2D eigenvalue weighted by Crippen LogP contribution is -2.42. The number of ether oxygens (including phenoxy) is 2. The molecule has 0 radical (unpaired) electrons. The Balaban J connectivity index is 1.95. The van der Waals surface area contributed by atoms with Gasteiger partial charge in [0.05, 0.1) is 6.61 Å². The molecule has 1 aromatic rings. The van der Waals surface area contributed by atoms with Gasteiger partial charge in [-0.25, -0.2) is 4.39 Å². The fourth-order valence-corrected chi connectivity index (χ4v) is 2.18. The largest absolute Gasteiger partial charge is 0.491 e. The molecule has 1 unspecified atom stereocenters. The molecule has 0 spiro atoms. The Morgan fingerprint density at radius 2 is 2.33 bits per heavy atom. The van der Waals surface area contributed by atoms with E-state index in [1.807, 2.05) is 7.05 Å². The van der Waals surface area contributed by atoms with Crippen molar-refractivity contribution in [1.82, 2.24) is 4.90 Å². The van der Waals surface area contributed by atoms with Crippen LogP contribution in [0.15, 0.2) is 18.2 Å². The first kappa shape index (κ1) is 16.1. The summed E-state index contributed by atoms with van der Waals surface area (Å²) in [5.41, 5.74) is 0.594. The first-order chi connectivity index (χ1) is 10.2. The molecule has 1 fully saturated rings. The Hall–Kier alpha value is -1.28. The van der Waals surface area contributed by atoms with Gasteiger partial charge in [0.25, 0.3) is 0 Å². The molecular weight excluding hydrogens is 293 g/mol. The normalized spacial score (nSPS) is 18.9. The minimum absolute atomic E-state index is 0.0119. The number of morpholine rings is 1. The first-order valence-corrected chi connectivity index (χ1v) is 7.49. The maximum absolute atomic E-state index is 13.6. The second kappa shape index (κ2) is 8.23. The van der Waals surface area contributed by atoms with Gasteiger partial charge in [0.2, 0.25) is 0 Å². The van der Waals surface area contributed by atoms with Crippen LogP contribution >= 0.6 is 11.6 Å². The van der Waals surface area contributed by atoms with Crippen molar-refractivity contribution in [2.45, 2.75) is 12.5 Å². The molecular formula is C16H19ClFNO2. The molecule has 5 heteroatoms. The Morgan fingerprint density at radius 1 is 1.48 bits per heavy atom. The van der Waals surface area contributed by atoms with Gasteiger partial charge in [-0.1, -0.05) is 11.8 Å². The van der Waals surface area contributed by atoms with E-state index in [2.05, 4.69) is 16.7 Å². The van der Waals surface area contributed by atoms with E-state index in [0.717, 1.165) is 13.1 Å². The maximum Gasteiger partial charge on any atom is 0.128 e. The zero-order chi connectivity index (χ0) is 15.1. The summed E-state index contributed by atoms with van der Waals surface area (Å²) in [6.07, 6.45) is 0.592. The Labute approximate surface area is 130 Å². The fraction of sp³-hybridized carbons (Fsp3) is 0.500. The second-order valence-corrected chi connectivity index (χ2v) is 5.36. The van der Waals surface area contributed by atoms with Gasteiger partial charge in [-0.3, -0.25) is 0 Å². The van der Waals surface area contributed by atoms with Crippen LogP contribution in [-0.4, -0.2) is 50.2 Å². The Morgan fingerprint density at radius 3 is 3.10 bits per heavy atom. The Bertz CT molecular complexity index is 527. The van der Waals surface area contributed by atoms with Crippen molar-refractivity contribution < 1.29 is 13.9 Å². The minimum atomic E-state index is -0.357. The van der Waals surface area contributed by atoms with Crippen LogP contribution in [-0.2, 0) is 4.74 Å². The lowest BCUT2D eigenvalue weighted by atomic mass is 10.2. The van der Waals surface area contributed by atoms with Crippen molar-refractivity contribution in [2.24, 2.45) is 0 Å². The van der Waals surface area contributed by atoms with Crippen LogP contribution in [0, 0.1) is 17.7 Å². The molecule has 1 aliphatic heterocycles. The number of benzene rings is 1. The molecule has 21 heavy (non-hydrogen) atoms. The third-order valence-electron chi connectivity index (χ3n) is 3.10. The molecule has 114 valence electrons. The molecule has 0 saturated carbocycles. The van der Waals surface area contributed by atoms with Crippen LogP contribution < -0.4 is 4.74 Å². The highest BCUT2D eigenvalue weighted by Crippen LogP contribution is 2.17. The molecule has 0 amide bonds. The minimum Gasteiger partial charge on any atom is -0.491 e. The SMILES string of the molecule is CN1CCOC(COc2cc(F)cc(C#CCCCl)c2)C1. The molecule has 0 bridgehead atoms. The van der Waals surface area contributed by atoms with Crippen LogP contribution in [0.4, 0.5) is 4.39 Å². The predicted molar refractivity (Wildman–Crippen MR) is 81.3 cm³/mol. The van der Waals surface area contributed by atoms with E-state index in [1.165, 1.54) is 12.1 Å². The van der Waals surface area contributed by atoms with Crippen LogP contribution in [0.5, 0.6) is 5.75 Å². The van der Waals surface area contributed by atoms with E-state index < -0.39 is 0 Å². The molecule has 2 rings (SSSR count). The van der Waals surface area contributed by atoms with Crippen molar-refractivity contribution in [3.63, 3.8) is 0 Å².